The van der Waals surface area contributed by atoms with Gasteiger partial charge in [-0.1, -0.05) is 0 Å². The van der Waals surface area contributed by atoms with Gasteiger partial charge in [-0.2, -0.15) is 0 Å². The molecule has 0 saturated heterocycles. The second-order valence-electron chi connectivity index (χ2n) is 6.60. The van der Waals surface area contributed by atoms with Crippen molar-refractivity contribution in [2.75, 3.05) is 26.0 Å². The number of carbonyl (C=O) groups excluding carboxylic acids is 1. The Balaban J connectivity index is 2.05. The first-order valence-electron chi connectivity index (χ1n) is 9.67. The van der Waals surface area contributed by atoms with Crippen molar-refractivity contribution in [2.24, 2.45) is 0 Å². The SMILES string of the molecule is CCOCCOC(=O)C[PH](c1ccccc1)(c1ccccc1)c1ccccc1. The number of hydrogen-bond donors (Lipinski definition) is 0. The van der Waals surface area contributed by atoms with Crippen molar-refractivity contribution in [1.82, 2.24) is 0 Å². The van der Waals surface area contributed by atoms with E-state index in [2.05, 4.69) is 36.4 Å². The van der Waals surface area contributed by atoms with Crippen molar-refractivity contribution in [3.05, 3.63) is 91.0 Å². The summed E-state index contributed by atoms with van der Waals surface area (Å²) in [5.74, 6) is -0.178. The topological polar surface area (TPSA) is 35.5 Å². The van der Waals surface area contributed by atoms with Crippen molar-refractivity contribution >= 4 is 29.1 Å². The number of hydrogen-bond acceptors (Lipinski definition) is 3. The van der Waals surface area contributed by atoms with Crippen LogP contribution in [0.5, 0.6) is 0 Å². The van der Waals surface area contributed by atoms with Gasteiger partial charge >= 0.3 is 167 Å². The molecule has 0 fully saturated rings. The van der Waals surface area contributed by atoms with Gasteiger partial charge in [-0.25, -0.2) is 0 Å². The summed E-state index contributed by atoms with van der Waals surface area (Å²) in [6, 6.07) is 31.1. The fraction of sp³-hybridized carbons (Fsp3) is 0.208. The van der Waals surface area contributed by atoms with Crippen LogP contribution in [0.4, 0.5) is 0 Å². The molecule has 0 aliphatic carbocycles. The summed E-state index contributed by atoms with van der Waals surface area (Å²) in [6.07, 6.45) is 0.358. The number of rotatable bonds is 9. The molecule has 0 amide bonds. The Hall–Kier alpha value is -2.48. The maximum absolute atomic E-state index is 12.9. The quantitative estimate of drug-likeness (QED) is 0.317. The molecule has 3 aromatic carbocycles. The van der Waals surface area contributed by atoms with Crippen molar-refractivity contribution in [2.45, 2.75) is 6.92 Å². The summed E-state index contributed by atoms with van der Waals surface area (Å²) in [7, 11) is -2.57. The van der Waals surface area contributed by atoms with E-state index >= 15 is 0 Å². The van der Waals surface area contributed by atoms with Crippen LogP contribution in [0.1, 0.15) is 6.92 Å². The molecule has 4 heteroatoms. The van der Waals surface area contributed by atoms with Crippen LogP contribution in [0.25, 0.3) is 0 Å². The average molecular weight is 394 g/mol. The van der Waals surface area contributed by atoms with E-state index < -0.39 is 7.26 Å². The Bertz CT molecular complexity index is 754. The number of carbonyl (C=O) groups is 1. The Morgan fingerprint density at radius 3 is 1.54 bits per heavy atom. The Morgan fingerprint density at radius 1 is 0.714 bits per heavy atom. The summed E-state index contributed by atoms with van der Waals surface area (Å²) in [4.78, 5) is 12.9. The van der Waals surface area contributed by atoms with Gasteiger partial charge in [-0.3, -0.25) is 0 Å². The van der Waals surface area contributed by atoms with Gasteiger partial charge in [0.05, 0.1) is 0 Å². The average Bonchev–Trinajstić information content (AvgIpc) is 2.77. The summed E-state index contributed by atoms with van der Waals surface area (Å²) >= 11 is 0. The second-order valence-corrected chi connectivity index (χ2v) is 10.5. The molecule has 3 nitrogen and oxygen atoms in total. The van der Waals surface area contributed by atoms with E-state index in [4.69, 9.17) is 9.47 Å². The molecule has 0 saturated carbocycles. The third-order valence-corrected chi connectivity index (χ3v) is 9.68. The van der Waals surface area contributed by atoms with E-state index in [1.165, 1.54) is 15.9 Å². The molecule has 0 aliphatic heterocycles. The van der Waals surface area contributed by atoms with E-state index in [0.717, 1.165) is 0 Å². The van der Waals surface area contributed by atoms with E-state index in [9.17, 15) is 4.79 Å². The molecular formula is C24H27O3P. The Kier molecular flexibility index (Phi) is 7.36. The zero-order chi connectivity index (χ0) is 19.7. The van der Waals surface area contributed by atoms with Crippen molar-refractivity contribution in [3.63, 3.8) is 0 Å². The number of benzene rings is 3. The van der Waals surface area contributed by atoms with Gasteiger partial charge < -0.3 is 0 Å². The molecule has 0 radical (unpaired) electrons. The van der Waals surface area contributed by atoms with Gasteiger partial charge in [0.2, 0.25) is 0 Å². The predicted molar refractivity (Wildman–Crippen MR) is 119 cm³/mol. The third-order valence-electron chi connectivity index (χ3n) is 4.90. The van der Waals surface area contributed by atoms with Gasteiger partial charge in [-0.15, -0.1) is 0 Å². The number of esters is 1. The van der Waals surface area contributed by atoms with E-state index in [1.807, 2.05) is 61.5 Å². The molecule has 0 heterocycles. The number of ether oxygens (including phenoxy) is 2. The first-order valence-corrected chi connectivity index (χ1v) is 11.9. The van der Waals surface area contributed by atoms with Gasteiger partial charge in [0.25, 0.3) is 0 Å². The summed E-state index contributed by atoms with van der Waals surface area (Å²) in [5, 5.41) is 3.61. The fourth-order valence-corrected chi connectivity index (χ4v) is 8.03. The van der Waals surface area contributed by atoms with Crippen LogP contribution in [-0.2, 0) is 14.3 Å². The van der Waals surface area contributed by atoms with Crippen LogP contribution in [0.2, 0.25) is 0 Å². The van der Waals surface area contributed by atoms with Gasteiger partial charge in [0.15, 0.2) is 0 Å². The molecule has 0 spiro atoms. The molecule has 0 aromatic heterocycles. The van der Waals surface area contributed by atoms with E-state index in [0.29, 0.717) is 19.4 Å². The molecule has 0 unspecified atom stereocenters. The van der Waals surface area contributed by atoms with Crippen LogP contribution in [-0.4, -0.2) is 32.0 Å². The molecule has 0 atom stereocenters. The van der Waals surface area contributed by atoms with Crippen LogP contribution in [0, 0.1) is 0 Å². The molecule has 0 bridgehead atoms. The van der Waals surface area contributed by atoms with Gasteiger partial charge in [0.1, 0.15) is 0 Å². The predicted octanol–water partition coefficient (Wildman–Crippen LogP) is 3.29. The molecule has 3 aromatic rings. The van der Waals surface area contributed by atoms with E-state index in [-0.39, 0.29) is 12.6 Å². The fourth-order valence-electron chi connectivity index (χ4n) is 3.60. The monoisotopic (exact) mass is 394 g/mol. The van der Waals surface area contributed by atoms with Gasteiger partial charge in [-0.05, 0) is 0 Å². The summed E-state index contributed by atoms with van der Waals surface area (Å²) < 4.78 is 10.8. The summed E-state index contributed by atoms with van der Waals surface area (Å²) in [6.45, 7) is 3.27. The van der Waals surface area contributed by atoms with Crippen LogP contribution in [0.15, 0.2) is 91.0 Å². The molecule has 3 rings (SSSR count). The van der Waals surface area contributed by atoms with Crippen molar-refractivity contribution < 1.29 is 14.3 Å². The Morgan fingerprint density at radius 2 is 1.14 bits per heavy atom. The first-order chi connectivity index (χ1) is 13.8. The van der Waals surface area contributed by atoms with Crippen molar-refractivity contribution in [1.29, 1.82) is 0 Å². The van der Waals surface area contributed by atoms with Crippen LogP contribution in [0.3, 0.4) is 0 Å². The second kappa shape index (κ2) is 10.2. The minimum atomic E-state index is -2.57. The first kappa shape index (κ1) is 20.3. The normalized spacial score (nSPS) is 11.8. The standard InChI is InChI=1S/C24H27O3P/c1-2-26-18-19-27-24(25)20-28(21-12-6-3-7-13-21,22-14-8-4-9-15-22)23-16-10-5-11-17-23/h3-17,28H,2,18-20H2,1H3. The minimum absolute atomic E-state index is 0.178. The molecule has 28 heavy (non-hydrogen) atoms. The van der Waals surface area contributed by atoms with Crippen LogP contribution < -0.4 is 15.9 Å². The molecular weight excluding hydrogens is 367 g/mol. The Labute approximate surface area is 167 Å². The zero-order valence-electron chi connectivity index (χ0n) is 16.2. The van der Waals surface area contributed by atoms with Crippen molar-refractivity contribution in [3.8, 4) is 0 Å². The molecule has 146 valence electrons. The van der Waals surface area contributed by atoms with E-state index in [1.54, 1.807) is 0 Å². The van der Waals surface area contributed by atoms with Gasteiger partial charge in [0, 0.05) is 0 Å². The third kappa shape index (κ3) is 4.67. The molecule has 0 aliphatic rings. The maximum atomic E-state index is 12.9. The zero-order valence-corrected chi connectivity index (χ0v) is 17.2. The summed E-state index contributed by atoms with van der Waals surface area (Å²) in [5.41, 5.74) is 0. The molecule has 0 N–H and O–H groups in total. The van der Waals surface area contributed by atoms with Crippen LogP contribution >= 0.6 is 7.26 Å².